The van der Waals surface area contributed by atoms with Gasteiger partial charge in [0.05, 0.1) is 5.92 Å². The maximum Gasteiger partial charge on any atom is 0.253 e. The molecule has 2 N–H and O–H groups in total. The van der Waals surface area contributed by atoms with Gasteiger partial charge in [0.15, 0.2) is 0 Å². The van der Waals surface area contributed by atoms with Gasteiger partial charge >= 0.3 is 0 Å². The number of nitrogens with zero attached hydrogens (tertiary/aromatic N) is 1. The molecule has 2 aliphatic rings. The van der Waals surface area contributed by atoms with Gasteiger partial charge in [-0.2, -0.15) is 0 Å². The number of carbonyl (C=O) groups is 3. The van der Waals surface area contributed by atoms with E-state index >= 15 is 0 Å². The van der Waals surface area contributed by atoms with Gasteiger partial charge in [-0.25, -0.2) is 4.39 Å². The summed E-state index contributed by atoms with van der Waals surface area (Å²) in [6, 6.07) is 13.0. The lowest BCUT2D eigenvalue weighted by Gasteiger charge is -2.36. The number of hydrogen-bond donors (Lipinski definition) is 2. The zero-order chi connectivity index (χ0) is 26.2. The molecule has 7 heteroatoms. The van der Waals surface area contributed by atoms with Crippen LogP contribution in [0.1, 0.15) is 84.6 Å². The lowest BCUT2D eigenvalue weighted by molar-refractivity contribution is -0.127. The second-order valence-electron chi connectivity index (χ2n) is 10.4. The molecule has 1 aliphatic heterocycles. The summed E-state index contributed by atoms with van der Waals surface area (Å²) in [5, 5.41) is 6.22. The van der Waals surface area contributed by atoms with Gasteiger partial charge < -0.3 is 15.5 Å². The minimum absolute atomic E-state index is 0.0263. The van der Waals surface area contributed by atoms with Gasteiger partial charge in [-0.3, -0.25) is 14.4 Å². The van der Waals surface area contributed by atoms with Crippen LogP contribution in [0.2, 0.25) is 0 Å². The van der Waals surface area contributed by atoms with Crippen molar-refractivity contribution in [2.45, 2.75) is 76.8 Å². The molecule has 198 valence electrons. The Morgan fingerprint density at radius 1 is 0.865 bits per heavy atom. The predicted molar refractivity (Wildman–Crippen MR) is 142 cm³/mol. The molecule has 0 bridgehead atoms. The van der Waals surface area contributed by atoms with E-state index < -0.39 is 0 Å². The van der Waals surface area contributed by atoms with E-state index in [1.807, 2.05) is 24.3 Å². The lowest BCUT2D eigenvalue weighted by Crippen LogP contribution is -2.55. The van der Waals surface area contributed by atoms with Gasteiger partial charge in [0, 0.05) is 36.3 Å². The third kappa shape index (κ3) is 7.18. The Labute approximate surface area is 219 Å². The van der Waals surface area contributed by atoms with Crippen LogP contribution in [0.3, 0.4) is 0 Å². The maximum atomic E-state index is 13.3. The molecule has 1 saturated carbocycles. The van der Waals surface area contributed by atoms with Crippen molar-refractivity contribution in [2.24, 2.45) is 5.92 Å². The fourth-order valence-corrected chi connectivity index (χ4v) is 5.38. The van der Waals surface area contributed by atoms with E-state index in [0.29, 0.717) is 24.2 Å². The summed E-state index contributed by atoms with van der Waals surface area (Å²) in [7, 11) is 0. The highest BCUT2D eigenvalue weighted by atomic mass is 19.1. The van der Waals surface area contributed by atoms with Gasteiger partial charge in [-0.15, -0.1) is 0 Å². The Kier molecular flexibility index (Phi) is 9.31. The van der Waals surface area contributed by atoms with Crippen molar-refractivity contribution in [2.75, 3.05) is 13.1 Å². The van der Waals surface area contributed by atoms with Crippen molar-refractivity contribution >= 4 is 17.7 Å². The molecule has 6 nitrogen and oxygen atoms in total. The first-order chi connectivity index (χ1) is 17.9. The van der Waals surface area contributed by atoms with E-state index in [0.717, 1.165) is 57.8 Å². The minimum Gasteiger partial charge on any atom is -0.351 e. The SMILES string of the molecule is CCCCc1ccc(C(=O)N2CCCC(C(=O)N[C@@H]3CCCC[C@H]3NC(=O)c3ccc(F)cc3)C2)cc1. The van der Waals surface area contributed by atoms with Crippen LogP contribution in [0.5, 0.6) is 0 Å². The Morgan fingerprint density at radius 2 is 1.51 bits per heavy atom. The molecule has 2 fully saturated rings. The molecule has 1 heterocycles. The van der Waals surface area contributed by atoms with Crippen molar-refractivity contribution in [3.05, 3.63) is 71.0 Å². The molecule has 37 heavy (non-hydrogen) atoms. The van der Waals surface area contributed by atoms with E-state index in [-0.39, 0.29) is 41.5 Å². The average Bonchev–Trinajstić information content (AvgIpc) is 2.93. The highest BCUT2D eigenvalue weighted by Crippen LogP contribution is 2.23. The fourth-order valence-electron chi connectivity index (χ4n) is 5.38. The zero-order valence-corrected chi connectivity index (χ0v) is 21.7. The number of amides is 3. The lowest BCUT2D eigenvalue weighted by atomic mass is 9.88. The predicted octanol–water partition coefficient (Wildman–Crippen LogP) is 4.88. The van der Waals surface area contributed by atoms with Gasteiger partial charge in [0.25, 0.3) is 11.8 Å². The zero-order valence-electron chi connectivity index (χ0n) is 21.7. The molecule has 1 aliphatic carbocycles. The molecule has 0 aromatic heterocycles. The van der Waals surface area contributed by atoms with Gasteiger partial charge in [-0.05, 0) is 80.5 Å². The summed E-state index contributed by atoms with van der Waals surface area (Å²) in [6.45, 7) is 3.22. The first kappa shape index (κ1) is 26.8. The first-order valence-electron chi connectivity index (χ1n) is 13.7. The molecule has 2 aromatic rings. The summed E-state index contributed by atoms with van der Waals surface area (Å²) in [6.07, 6.45) is 8.35. The molecule has 3 atom stereocenters. The first-order valence-corrected chi connectivity index (χ1v) is 13.7. The largest absolute Gasteiger partial charge is 0.351 e. The standard InChI is InChI=1S/C30H38FN3O3/c1-2-3-7-21-11-13-23(14-12-21)30(37)34-19-6-8-24(20-34)29(36)33-27-10-5-4-9-26(27)32-28(35)22-15-17-25(31)18-16-22/h11-18,24,26-27H,2-10,19-20H2,1H3,(H,32,35)(H,33,36)/t24?,26-,27-/m1/s1. The molecule has 4 rings (SSSR count). The third-order valence-corrected chi connectivity index (χ3v) is 7.62. The number of piperidine rings is 1. The molecule has 1 saturated heterocycles. The summed E-state index contributed by atoms with van der Waals surface area (Å²) < 4.78 is 13.2. The van der Waals surface area contributed by atoms with E-state index in [9.17, 15) is 18.8 Å². The normalized spacial score (nSPS) is 21.8. The summed E-state index contributed by atoms with van der Waals surface area (Å²) in [5.74, 6) is -0.997. The smallest absolute Gasteiger partial charge is 0.253 e. The van der Waals surface area contributed by atoms with Crippen LogP contribution in [0.15, 0.2) is 48.5 Å². The van der Waals surface area contributed by atoms with Crippen LogP contribution < -0.4 is 10.6 Å². The van der Waals surface area contributed by atoms with Crippen LogP contribution >= 0.6 is 0 Å². The number of aryl methyl sites for hydroxylation is 1. The van der Waals surface area contributed by atoms with E-state index in [1.165, 1.54) is 29.8 Å². The average molecular weight is 508 g/mol. The number of unbranched alkanes of at least 4 members (excludes halogenated alkanes) is 1. The van der Waals surface area contributed by atoms with Crippen molar-refractivity contribution in [1.82, 2.24) is 15.5 Å². The molecular formula is C30H38FN3O3. The fraction of sp³-hybridized carbons (Fsp3) is 0.500. The highest BCUT2D eigenvalue weighted by Gasteiger charge is 2.33. The van der Waals surface area contributed by atoms with Crippen LogP contribution in [-0.2, 0) is 11.2 Å². The summed E-state index contributed by atoms with van der Waals surface area (Å²) in [5.41, 5.74) is 2.30. The van der Waals surface area contributed by atoms with Crippen LogP contribution in [0, 0.1) is 11.7 Å². The highest BCUT2D eigenvalue weighted by molar-refractivity contribution is 5.95. The van der Waals surface area contributed by atoms with Crippen molar-refractivity contribution < 1.29 is 18.8 Å². The Hall–Kier alpha value is -3.22. The van der Waals surface area contributed by atoms with Crippen molar-refractivity contribution in [1.29, 1.82) is 0 Å². The van der Waals surface area contributed by atoms with Crippen LogP contribution in [0.4, 0.5) is 4.39 Å². The Bertz CT molecular complexity index is 1070. The number of benzene rings is 2. The number of likely N-dealkylation sites (tertiary alicyclic amines) is 1. The van der Waals surface area contributed by atoms with Gasteiger partial charge in [0.1, 0.15) is 5.82 Å². The van der Waals surface area contributed by atoms with Gasteiger partial charge in [-0.1, -0.05) is 38.3 Å². The minimum atomic E-state index is -0.386. The quantitative estimate of drug-likeness (QED) is 0.535. The number of nitrogens with one attached hydrogen (secondary N) is 2. The Balaban J connectivity index is 1.33. The monoisotopic (exact) mass is 507 g/mol. The molecule has 1 unspecified atom stereocenters. The third-order valence-electron chi connectivity index (χ3n) is 7.62. The second-order valence-corrected chi connectivity index (χ2v) is 10.4. The number of hydrogen-bond acceptors (Lipinski definition) is 3. The Morgan fingerprint density at radius 3 is 2.19 bits per heavy atom. The summed E-state index contributed by atoms with van der Waals surface area (Å²) >= 11 is 0. The molecule has 3 amide bonds. The number of carbonyl (C=O) groups excluding carboxylic acids is 3. The van der Waals surface area contributed by atoms with E-state index in [4.69, 9.17) is 0 Å². The molecular weight excluding hydrogens is 469 g/mol. The van der Waals surface area contributed by atoms with Crippen molar-refractivity contribution in [3.8, 4) is 0 Å². The number of rotatable bonds is 8. The molecule has 0 radical (unpaired) electrons. The van der Waals surface area contributed by atoms with Crippen molar-refractivity contribution in [3.63, 3.8) is 0 Å². The second kappa shape index (κ2) is 12.8. The topological polar surface area (TPSA) is 78.5 Å². The molecule has 0 spiro atoms. The van der Waals surface area contributed by atoms with Crippen LogP contribution in [-0.4, -0.2) is 47.8 Å². The van der Waals surface area contributed by atoms with Gasteiger partial charge in [0.2, 0.25) is 5.91 Å². The molecule has 2 aromatic carbocycles. The number of halogens is 1. The maximum absolute atomic E-state index is 13.3. The van der Waals surface area contributed by atoms with E-state index in [1.54, 1.807) is 4.90 Å². The summed E-state index contributed by atoms with van der Waals surface area (Å²) in [4.78, 5) is 40.9. The van der Waals surface area contributed by atoms with E-state index in [2.05, 4.69) is 17.6 Å². The van der Waals surface area contributed by atoms with Crippen LogP contribution in [0.25, 0.3) is 0 Å².